The van der Waals surface area contributed by atoms with Crippen LogP contribution in [0, 0.1) is 5.92 Å². The van der Waals surface area contributed by atoms with Gasteiger partial charge in [-0.05, 0) is 19.3 Å². The summed E-state index contributed by atoms with van der Waals surface area (Å²) in [5.41, 5.74) is 0. The lowest BCUT2D eigenvalue weighted by Crippen LogP contribution is -2.48. The summed E-state index contributed by atoms with van der Waals surface area (Å²) in [5, 5.41) is 3.00. The number of likely N-dealkylation sites (tertiary alicyclic amines) is 1. The molecule has 78 valence electrons. The maximum absolute atomic E-state index is 11.4. The van der Waals surface area contributed by atoms with Crippen molar-refractivity contribution in [2.45, 2.75) is 31.7 Å². The highest BCUT2D eigenvalue weighted by molar-refractivity contribution is 5.82. The molecule has 0 aromatic carbocycles. The number of piperidine rings is 1. The molecule has 0 aromatic rings. The summed E-state index contributed by atoms with van der Waals surface area (Å²) in [6.07, 6.45) is 3.42. The minimum absolute atomic E-state index is 0.172. The number of hydrogen-bond acceptors (Lipinski definition) is 2. The topological polar surface area (TPSA) is 49.4 Å². The van der Waals surface area contributed by atoms with Crippen LogP contribution in [0.5, 0.6) is 0 Å². The van der Waals surface area contributed by atoms with Gasteiger partial charge in [0.2, 0.25) is 11.8 Å². The number of likely N-dealkylation sites (N-methyl/N-ethyl adjacent to an activating group) is 1. The number of nitrogens with one attached hydrogen (secondary N) is 1. The first kappa shape index (κ1) is 9.49. The molecular weight excluding hydrogens is 180 g/mol. The van der Waals surface area contributed by atoms with Crippen LogP contribution in [0.2, 0.25) is 0 Å². The van der Waals surface area contributed by atoms with Gasteiger partial charge >= 0.3 is 0 Å². The predicted octanol–water partition coefficient (Wildman–Crippen LogP) is 0.133. The highest BCUT2D eigenvalue weighted by atomic mass is 16.2. The molecule has 4 heteroatoms. The van der Waals surface area contributed by atoms with E-state index in [1.54, 1.807) is 11.9 Å². The first-order valence-electron chi connectivity index (χ1n) is 5.21. The van der Waals surface area contributed by atoms with Gasteiger partial charge in [-0.25, -0.2) is 0 Å². The Kier molecular flexibility index (Phi) is 2.44. The lowest BCUT2D eigenvalue weighted by Gasteiger charge is -2.30. The van der Waals surface area contributed by atoms with Crippen LogP contribution in [0.15, 0.2) is 0 Å². The molecule has 1 N–H and O–H groups in total. The molecule has 1 atom stereocenters. The summed E-state index contributed by atoms with van der Waals surface area (Å²) in [4.78, 5) is 24.3. The van der Waals surface area contributed by atoms with E-state index in [0.29, 0.717) is 13.0 Å². The second-order valence-corrected chi connectivity index (χ2v) is 4.29. The molecule has 0 radical (unpaired) electrons. The van der Waals surface area contributed by atoms with Crippen molar-refractivity contribution in [3.8, 4) is 0 Å². The van der Waals surface area contributed by atoms with Gasteiger partial charge in [0.15, 0.2) is 0 Å². The van der Waals surface area contributed by atoms with Gasteiger partial charge in [-0.15, -0.1) is 0 Å². The van der Waals surface area contributed by atoms with E-state index in [9.17, 15) is 9.59 Å². The van der Waals surface area contributed by atoms with E-state index in [1.807, 2.05) is 0 Å². The molecule has 2 rings (SSSR count). The zero-order valence-corrected chi connectivity index (χ0v) is 8.45. The van der Waals surface area contributed by atoms with Crippen LogP contribution in [0.4, 0.5) is 0 Å². The molecule has 2 aliphatic rings. The van der Waals surface area contributed by atoms with Crippen LogP contribution in [-0.2, 0) is 9.59 Å². The Balaban J connectivity index is 1.81. The van der Waals surface area contributed by atoms with Gasteiger partial charge in [0.05, 0.1) is 0 Å². The summed E-state index contributed by atoms with van der Waals surface area (Å²) in [5.74, 6) is 0.623. The van der Waals surface area contributed by atoms with E-state index in [-0.39, 0.29) is 23.8 Å². The van der Waals surface area contributed by atoms with Gasteiger partial charge in [-0.2, -0.15) is 0 Å². The van der Waals surface area contributed by atoms with Crippen molar-refractivity contribution in [1.29, 1.82) is 0 Å². The van der Waals surface area contributed by atoms with E-state index in [2.05, 4.69) is 5.32 Å². The van der Waals surface area contributed by atoms with Crippen molar-refractivity contribution in [2.24, 2.45) is 5.92 Å². The Labute approximate surface area is 83.6 Å². The number of carbonyl (C=O) groups excluding carboxylic acids is 2. The SMILES string of the molecule is CN1CC(NC(=O)C2CC2)CCC1=O. The zero-order valence-electron chi connectivity index (χ0n) is 8.45. The van der Waals surface area contributed by atoms with Gasteiger partial charge in [0.1, 0.15) is 0 Å². The molecule has 0 bridgehead atoms. The van der Waals surface area contributed by atoms with E-state index in [0.717, 1.165) is 19.3 Å². The van der Waals surface area contributed by atoms with Crippen molar-refractivity contribution in [3.63, 3.8) is 0 Å². The molecular formula is C10H16N2O2. The summed E-state index contributed by atoms with van der Waals surface area (Å²) in [6.45, 7) is 0.664. The zero-order chi connectivity index (χ0) is 10.1. The molecule has 1 unspecified atom stereocenters. The number of nitrogens with zero attached hydrogens (tertiary/aromatic N) is 1. The van der Waals surface area contributed by atoms with Crippen molar-refractivity contribution in [1.82, 2.24) is 10.2 Å². The molecule has 1 heterocycles. The smallest absolute Gasteiger partial charge is 0.223 e. The Morgan fingerprint density at radius 2 is 2.14 bits per heavy atom. The third-order valence-electron chi connectivity index (χ3n) is 2.92. The monoisotopic (exact) mass is 196 g/mol. The number of hydrogen-bond donors (Lipinski definition) is 1. The van der Waals surface area contributed by atoms with Crippen LogP contribution in [0.25, 0.3) is 0 Å². The van der Waals surface area contributed by atoms with Gasteiger partial charge in [0, 0.05) is 32.0 Å². The molecule has 4 nitrogen and oxygen atoms in total. The number of carbonyl (C=O) groups is 2. The van der Waals surface area contributed by atoms with E-state index in [1.165, 1.54) is 0 Å². The number of amides is 2. The lowest BCUT2D eigenvalue weighted by atomic mass is 10.1. The second kappa shape index (κ2) is 3.59. The Bertz CT molecular complexity index is 261. The fraction of sp³-hybridized carbons (Fsp3) is 0.800. The quantitative estimate of drug-likeness (QED) is 0.682. The van der Waals surface area contributed by atoms with Gasteiger partial charge in [-0.1, -0.05) is 0 Å². The third-order valence-corrected chi connectivity index (χ3v) is 2.92. The molecule has 2 fully saturated rings. The molecule has 1 saturated carbocycles. The van der Waals surface area contributed by atoms with Gasteiger partial charge < -0.3 is 10.2 Å². The third kappa shape index (κ3) is 2.05. The minimum atomic E-state index is 0.172. The van der Waals surface area contributed by atoms with Gasteiger partial charge in [0.25, 0.3) is 0 Å². The summed E-state index contributed by atoms with van der Waals surface area (Å²) >= 11 is 0. The summed E-state index contributed by atoms with van der Waals surface area (Å²) in [6, 6.07) is 0.172. The highest BCUT2D eigenvalue weighted by Crippen LogP contribution is 2.29. The lowest BCUT2D eigenvalue weighted by molar-refractivity contribution is -0.134. The standard InChI is InChI=1S/C10H16N2O2/c1-12-6-8(4-5-9(12)13)11-10(14)7-2-3-7/h7-8H,2-6H2,1H3,(H,11,14). The molecule has 14 heavy (non-hydrogen) atoms. The Hall–Kier alpha value is -1.06. The average Bonchev–Trinajstić information content (AvgIpc) is 2.94. The maximum Gasteiger partial charge on any atom is 0.223 e. The van der Waals surface area contributed by atoms with E-state index >= 15 is 0 Å². The van der Waals surface area contributed by atoms with Crippen LogP contribution >= 0.6 is 0 Å². The fourth-order valence-corrected chi connectivity index (χ4v) is 1.79. The van der Waals surface area contributed by atoms with Crippen LogP contribution < -0.4 is 5.32 Å². The van der Waals surface area contributed by atoms with Crippen molar-refractivity contribution in [3.05, 3.63) is 0 Å². The molecule has 1 saturated heterocycles. The van der Waals surface area contributed by atoms with Crippen LogP contribution in [0.3, 0.4) is 0 Å². The van der Waals surface area contributed by atoms with E-state index in [4.69, 9.17) is 0 Å². The van der Waals surface area contributed by atoms with Crippen molar-refractivity contribution >= 4 is 11.8 Å². The Morgan fingerprint density at radius 1 is 1.43 bits per heavy atom. The molecule has 2 amide bonds. The first-order valence-corrected chi connectivity index (χ1v) is 5.21. The molecule has 1 aliphatic heterocycles. The maximum atomic E-state index is 11.4. The first-order chi connectivity index (χ1) is 6.66. The van der Waals surface area contributed by atoms with Crippen LogP contribution in [0.1, 0.15) is 25.7 Å². The Morgan fingerprint density at radius 3 is 2.71 bits per heavy atom. The molecule has 1 aliphatic carbocycles. The van der Waals surface area contributed by atoms with Crippen LogP contribution in [-0.4, -0.2) is 36.3 Å². The van der Waals surface area contributed by atoms with E-state index < -0.39 is 0 Å². The normalized spacial score (nSPS) is 27.6. The average molecular weight is 196 g/mol. The van der Waals surface area contributed by atoms with Crippen molar-refractivity contribution in [2.75, 3.05) is 13.6 Å². The summed E-state index contributed by atoms with van der Waals surface area (Å²) < 4.78 is 0. The summed E-state index contributed by atoms with van der Waals surface area (Å²) in [7, 11) is 1.79. The van der Waals surface area contributed by atoms with Crippen molar-refractivity contribution < 1.29 is 9.59 Å². The second-order valence-electron chi connectivity index (χ2n) is 4.29. The number of rotatable bonds is 2. The molecule has 0 aromatic heterocycles. The minimum Gasteiger partial charge on any atom is -0.351 e. The van der Waals surface area contributed by atoms with Gasteiger partial charge in [-0.3, -0.25) is 9.59 Å². The molecule has 0 spiro atoms. The fourth-order valence-electron chi connectivity index (χ4n) is 1.79. The predicted molar refractivity (Wildman–Crippen MR) is 51.5 cm³/mol. The highest BCUT2D eigenvalue weighted by Gasteiger charge is 2.32. The largest absolute Gasteiger partial charge is 0.351 e.